The summed E-state index contributed by atoms with van der Waals surface area (Å²) in [5.41, 5.74) is 16.2. The van der Waals surface area contributed by atoms with Crippen LogP contribution < -0.4 is 0 Å². The molecule has 0 amide bonds. The number of hydrogen-bond acceptors (Lipinski definition) is 1. The van der Waals surface area contributed by atoms with E-state index in [4.69, 9.17) is 0 Å². The van der Waals surface area contributed by atoms with Gasteiger partial charge in [-0.05, 0) is 131 Å². The lowest BCUT2D eigenvalue weighted by Gasteiger charge is -2.18. The number of aryl methyl sites for hydroxylation is 4. The lowest BCUT2D eigenvalue weighted by Crippen LogP contribution is -1.99. The minimum absolute atomic E-state index is 0.688. The Hall–Kier alpha value is -4.67. The largest absolute Gasteiger partial charge is 0.192 e. The van der Waals surface area contributed by atoms with Gasteiger partial charge in [-0.1, -0.05) is 169 Å². The highest BCUT2D eigenvalue weighted by Gasteiger charge is 2.14. The Balaban J connectivity index is 1.51. The second kappa shape index (κ2) is 20.4. The Kier molecular flexibility index (Phi) is 15.1. The summed E-state index contributed by atoms with van der Waals surface area (Å²) in [6.45, 7) is 9.03. The number of nitriles is 1. The zero-order valence-corrected chi connectivity index (χ0v) is 32.3. The summed E-state index contributed by atoms with van der Waals surface area (Å²) in [5, 5.41) is 9.49. The van der Waals surface area contributed by atoms with E-state index in [2.05, 4.69) is 137 Å². The van der Waals surface area contributed by atoms with Gasteiger partial charge in [0.25, 0.3) is 0 Å². The monoisotopic (exact) mass is 685 g/mol. The molecule has 0 atom stereocenters. The Morgan fingerprint density at radius 3 is 1.46 bits per heavy atom. The summed E-state index contributed by atoms with van der Waals surface area (Å²) >= 11 is 0. The average Bonchev–Trinajstić information content (AvgIpc) is 3.18. The quantitative estimate of drug-likeness (QED) is 0.0627. The third-order valence-electron chi connectivity index (χ3n) is 10.5. The SMILES string of the molecule is CCCCCCCCc1cc(-c2cc(-c3ccc(C#N)cc3)cc(-c3ccc(/C=C/c4ccc(C)cc4)cc3)c2)c(CCCCCCCC)cc1C. The van der Waals surface area contributed by atoms with Crippen LogP contribution in [0.5, 0.6) is 0 Å². The number of benzene rings is 5. The maximum absolute atomic E-state index is 9.49. The second-order valence-corrected chi connectivity index (χ2v) is 14.8. The van der Waals surface area contributed by atoms with Gasteiger partial charge in [-0.3, -0.25) is 0 Å². The highest BCUT2D eigenvalue weighted by atomic mass is 14.2. The van der Waals surface area contributed by atoms with Crippen LogP contribution in [0.15, 0.2) is 103 Å². The maximum atomic E-state index is 9.49. The van der Waals surface area contributed by atoms with E-state index in [1.165, 1.54) is 138 Å². The zero-order valence-electron chi connectivity index (χ0n) is 32.3. The van der Waals surface area contributed by atoms with Gasteiger partial charge < -0.3 is 0 Å². The Bertz CT molecular complexity index is 1900. The molecular formula is C51H59N. The molecule has 52 heavy (non-hydrogen) atoms. The van der Waals surface area contributed by atoms with Crippen LogP contribution in [0.25, 0.3) is 45.5 Å². The predicted molar refractivity (Wildman–Crippen MR) is 226 cm³/mol. The maximum Gasteiger partial charge on any atom is 0.0991 e. The summed E-state index contributed by atoms with van der Waals surface area (Å²) in [7, 11) is 0. The third-order valence-corrected chi connectivity index (χ3v) is 10.5. The zero-order chi connectivity index (χ0) is 36.5. The summed E-state index contributed by atoms with van der Waals surface area (Å²) < 4.78 is 0. The van der Waals surface area contributed by atoms with Crippen LogP contribution in [-0.2, 0) is 12.8 Å². The number of rotatable bonds is 19. The number of nitrogens with zero attached hydrogens (tertiary/aromatic N) is 1. The summed E-state index contributed by atoms with van der Waals surface area (Å²) in [5.74, 6) is 0. The molecule has 5 rings (SSSR count). The van der Waals surface area contributed by atoms with E-state index in [0.29, 0.717) is 5.56 Å². The lowest BCUT2D eigenvalue weighted by atomic mass is 9.87. The smallest absolute Gasteiger partial charge is 0.0991 e. The molecular weight excluding hydrogens is 627 g/mol. The van der Waals surface area contributed by atoms with Crippen LogP contribution in [0.3, 0.4) is 0 Å². The molecule has 0 aromatic heterocycles. The standard InChI is InChI=1S/C51H59N/c1-5-7-9-11-13-15-17-46-37-51(47(33-40(46)4)18-16-14-12-10-8-6-2)50-35-48(34-49(36-50)45-31-27-43(38-52)28-32-45)44-29-25-42(26-30-44)24-23-41-21-19-39(3)20-22-41/h19-37H,5-18H2,1-4H3/b24-23+. The van der Waals surface area contributed by atoms with Gasteiger partial charge in [-0.2, -0.15) is 5.26 Å². The van der Waals surface area contributed by atoms with Gasteiger partial charge >= 0.3 is 0 Å². The molecule has 0 aliphatic carbocycles. The Morgan fingerprint density at radius 2 is 0.923 bits per heavy atom. The first-order valence-electron chi connectivity index (χ1n) is 20.1. The molecule has 5 aromatic rings. The van der Waals surface area contributed by atoms with Crippen LogP contribution >= 0.6 is 0 Å². The molecule has 0 saturated carbocycles. The molecule has 0 N–H and O–H groups in total. The summed E-state index contributed by atoms with van der Waals surface area (Å²) in [4.78, 5) is 0. The molecule has 268 valence electrons. The van der Waals surface area contributed by atoms with E-state index < -0.39 is 0 Å². The highest BCUT2D eigenvalue weighted by molar-refractivity contribution is 5.83. The molecule has 0 heterocycles. The summed E-state index contributed by atoms with van der Waals surface area (Å²) in [6, 6.07) is 40.1. The molecule has 0 aliphatic rings. The molecule has 1 heteroatoms. The van der Waals surface area contributed by atoms with Crippen LogP contribution in [0.4, 0.5) is 0 Å². The van der Waals surface area contributed by atoms with Crippen LogP contribution in [0.2, 0.25) is 0 Å². The number of hydrogen-bond donors (Lipinski definition) is 0. The molecule has 0 radical (unpaired) electrons. The minimum atomic E-state index is 0.688. The van der Waals surface area contributed by atoms with Crippen molar-refractivity contribution in [3.8, 4) is 39.4 Å². The third kappa shape index (κ3) is 11.4. The fourth-order valence-electron chi connectivity index (χ4n) is 7.26. The van der Waals surface area contributed by atoms with E-state index in [1.807, 2.05) is 12.1 Å². The average molecular weight is 686 g/mol. The van der Waals surface area contributed by atoms with Gasteiger partial charge in [0.15, 0.2) is 0 Å². The van der Waals surface area contributed by atoms with E-state index in [-0.39, 0.29) is 0 Å². The van der Waals surface area contributed by atoms with Gasteiger partial charge in [0.2, 0.25) is 0 Å². The van der Waals surface area contributed by atoms with Crippen molar-refractivity contribution < 1.29 is 0 Å². The minimum Gasteiger partial charge on any atom is -0.192 e. The van der Waals surface area contributed by atoms with Crippen molar-refractivity contribution in [3.63, 3.8) is 0 Å². The first kappa shape index (κ1) is 38.6. The highest BCUT2D eigenvalue weighted by Crippen LogP contribution is 2.37. The Morgan fingerprint density at radius 1 is 0.462 bits per heavy atom. The van der Waals surface area contributed by atoms with Gasteiger partial charge in [0.1, 0.15) is 0 Å². The van der Waals surface area contributed by atoms with Crippen molar-refractivity contribution in [2.75, 3.05) is 0 Å². The van der Waals surface area contributed by atoms with Crippen molar-refractivity contribution in [2.24, 2.45) is 0 Å². The van der Waals surface area contributed by atoms with Crippen molar-refractivity contribution in [1.29, 1.82) is 5.26 Å². The van der Waals surface area contributed by atoms with Gasteiger partial charge in [-0.25, -0.2) is 0 Å². The van der Waals surface area contributed by atoms with Gasteiger partial charge in [-0.15, -0.1) is 0 Å². The van der Waals surface area contributed by atoms with Gasteiger partial charge in [0.05, 0.1) is 11.6 Å². The van der Waals surface area contributed by atoms with Crippen molar-refractivity contribution >= 4 is 12.2 Å². The fraction of sp³-hybridized carbons (Fsp3) is 0.353. The van der Waals surface area contributed by atoms with E-state index >= 15 is 0 Å². The lowest BCUT2D eigenvalue weighted by molar-refractivity contribution is 0.605. The van der Waals surface area contributed by atoms with Crippen molar-refractivity contribution in [3.05, 3.63) is 142 Å². The Labute approximate surface area is 315 Å². The van der Waals surface area contributed by atoms with Crippen LogP contribution in [-0.4, -0.2) is 0 Å². The van der Waals surface area contributed by atoms with Crippen molar-refractivity contribution in [2.45, 2.75) is 118 Å². The first-order chi connectivity index (χ1) is 25.5. The van der Waals surface area contributed by atoms with E-state index in [9.17, 15) is 5.26 Å². The topological polar surface area (TPSA) is 23.8 Å². The molecule has 0 spiro atoms. The predicted octanol–water partition coefficient (Wildman–Crippen LogP) is 15.2. The molecule has 1 nitrogen and oxygen atoms in total. The molecule has 5 aromatic carbocycles. The first-order valence-corrected chi connectivity index (χ1v) is 20.1. The van der Waals surface area contributed by atoms with Crippen LogP contribution in [0.1, 0.15) is 130 Å². The van der Waals surface area contributed by atoms with Gasteiger partial charge in [0, 0.05) is 0 Å². The number of unbranched alkanes of at least 4 members (excludes halogenated alkanes) is 10. The van der Waals surface area contributed by atoms with E-state index in [0.717, 1.165) is 18.4 Å². The molecule has 0 fully saturated rings. The van der Waals surface area contributed by atoms with E-state index in [1.54, 1.807) is 0 Å². The molecule has 0 bridgehead atoms. The molecule has 0 aliphatic heterocycles. The molecule has 0 saturated heterocycles. The normalized spacial score (nSPS) is 11.3. The summed E-state index contributed by atoms with van der Waals surface area (Å²) in [6.07, 6.45) is 22.3. The van der Waals surface area contributed by atoms with Crippen molar-refractivity contribution in [1.82, 2.24) is 0 Å². The molecule has 0 unspecified atom stereocenters. The second-order valence-electron chi connectivity index (χ2n) is 14.8. The fourth-order valence-corrected chi connectivity index (χ4v) is 7.26. The van der Waals surface area contributed by atoms with Crippen LogP contribution in [0, 0.1) is 25.2 Å².